The van der Waals surface area contributed by atoms with Gasteiger partial charge in [0, 0.05) is 18.3 Å². The summed E-state index contributed by atoms with van der Waals surface area (Å²) in [6, 6.07) is 0. The number of hydrogen-bond donors (Lipinski definition) is 0. The molecule has 0 bridgehead atoms. The summed E-state index contributed by atoms with van der Waals surface area (Å²) in [6.07, 6.45) is 17.1. The van der Waals surface area contributed by atoms with Gasteiger partial charge in [0.25, 0.3) is 0 Å². The molecule has 4 aliphatic carbocycles. The summed E-state index contributed by atoms with van der Waals surface area (Å²) in [5.41, 5.74) is 1.97. The van der Waals surface area contributed by atoms with E-state index in [4.69, 9.17) is 4.74 Å². The Bertz CT molecular complexity index is 893. The Morgan fingerprint density at radius 1 is 0.974 bits per heavy atom. The third-order valence-electron chi connectivity index (χ3n) is 12.0. The van der Waals surface area contributed by atoms with E-state index in [0.717, 1.165) is 54.8 Å². The molecule has 0 radical (unpaired) electrons. The van der Waals surface area contributed by atoms with E-state index >= 15 is 0 Å². The molecule has 38 heavy (non-hydrogen) atoms. The molecule has 3 nitrogen and oxygen atoms in total. The van der Waals surface area contributed by atoms with E-state index in [1.165, 1.54) is 51.4 Å². The molecular formula is C35H58O3. The first kappa shape index (κ1) is 29.9. The van der Waals surface area contributed by atoms with Crippen LogP contribution >= 0.6 is 0 Å². The number of allylic oxidation sites excluding steroid dienone is 1. The van der Waals surface area contributed by atoms with Gasteiger partial charge in [-0.3, -0.25) is 9.59 Å². The summed E-state index contributed by atoms with van der Waals surface area (Å²) in [5.74, 6) is 5.02. The number of Topliss-reactive ketones (excluding diaryl/α,β-unsaturated/α-hetero) is 1. The van der Waals surface area contributed by atoms with Crippen LogP contribution < -0.4 is 0 Å². The maximum Gasteiger partial charge on any atom is 0.306 e. The van der Waals surface area contributed by atoms with Gasteiger partial charge in [0.15, 0.2) is 0 Å². The zero-order chi connectivity index (χ0) is 27.9. The Morgan fingerprint density at radius 3 is 2.39 bits per heavy atom. The lowest BCUT2D eigenvalue weighted by Gasteiger charge is -2.58. The molecule has 4 rings (SSSR count). The number of carbonyl (C=O) groups excluding carboxylic acids is 2. The van der Waals surface area contributed by atoms with Crippen LogP contribution in [-0.2, 0) is 14.3 Å². The predicted octanol–water partition coefficient (Wildman–Crippen LogP) is 9.34. The van der Waals surface area contributed by atoms with Crippen molar-refractivity contribution in [2.45, 2.75) is 145 Å². The van der Waals surface area contributed by atoms with Crippen LogP contribution in [0.2, 0.25) is 0 Å². The zero-order valence-electron chi connectivity index (χ0n) is 26.0. The number of ketones is 1. The highest BCUT2D eigenvalue weighted by molar-refractivity contribution is 5.86. The summed E-state index contributed by atoms with van der Waals surface area (Å²) in [6.45, 7) is 18.2. The second-order valence-electron chi connectivity index (χ2n) is 15.8. The van der Waals surface area contributed by atoms with Gasteiger partial charge in [0.1, 0.15) is 11.9 Å². The van der Waals surface area contributed by atoms with Crippen LogP contribution in [0.5, 0.6) is 0 Å². The molecule has 3 heteroatoms. The van der Waals surface area contributed by atoms with Crippen molar-refractivity contribution < 1.29 is 14.3 Å². The van der Waals surface area contributed by atoms with Crippen molar-refractivity contribution in [3.05, 3.63) is 11.6 Å². The molecule has 0 heterocycles. The fourth-order valence-corrected chi connectivity index (χ4v) is 9.59. The van der Waals surface area contributed by atoms with Gasteiger partial charge in [-0.2, -0.15) is 0 Å². The van der Waals surface area contributed by atoms with Crippen molar-refractivity contribution in [3.8, 4) is 0 Å². The van der Waals surface area contributed by atoms with Crippen LogP contribution in [0.4, 0.5) is 0 Å². The monoisotopic (exact) mass is 526 g/mol. The normalized spacial score (nSPS) is 37.6. The third-order valence-corrected chi connectivity index (χ3v) is 12.0. The Hall–Kier alpha value is -1.12. The van der Waals surface area contributed by atoms with E-state index in [0.29, 0.717) is 5.41 Å². The fraction of sp³-hybridized carbons (Fsp3) is 0.886. The maximum absolute atomic E-state index is 12.6. The molecule has 0 amide bonds. The topological polar surface area (TPSA) is 43.4 Å². The number of ether oxygens (including phenoxy) is 1. The summed E-state index contributed by atoms with van der Waals surface area (Å²) in [5, 5.41) is 0. The highest BCUT2D eigenvalue weighted by atomic mass is 16.5. The molecule has 0 aromatic rings. The highest BCUT2D eigenvalue weighted by Gasteiger charge is 2.59. The Morgan fingerprint density at radius 2 is 1.71 bits per heavy atom. The highest BCUT2D eigenvalue weighted by Crippen LogP contribution is 2.67. The van der Waals surface area contributed by atoms with Gasteiger partial charge in [-0.15, -0.1) is 0 Å². The molecular weight excluding hydrogens is 468 g/mol. The van der Waals surface area contributed by atoms with Crippen LogP contribution in [0.3, 0.4) is 0 Å². The number of hydrogen-bond acceptors (Lipinski definition) is 3. The molecule has 0 aliphatic heterocycles. The second kappa shape index (κ2) is 11.4. The van der Waals surface area contributed by atoms with Gasteiger partial charge in [0.05, 0.1) is 6.42 Å². The standard InChI is InChI=1S/C35H58O3/c1-23(2)10-9-11-24(3)28-14-15-29-27-13-12-25-22-26(38-32(37)17-16-31(36)33(4,5)6)18-20-34(25,7)30(27)19-21-35(28,29)8/h12,23-24,26-30H,9-11,13-22H2,1-8H3/t24-,26+,27+,28-,29+,30+,34+,35-/m1/s1. The minimum atomic E-state index is -0.391. The lowest BCUT2D eigenvalue weighted by atomic mass is 9.47. The first-order valence-corrected chi connectivity index (χ1v) is 16.2. The molecule has 0 spiro atoms. The SMILES string of the molecule is CC(C)CCC[C@@H](C)[C@H]1CC[C@H]2[C@@H]3CC=C4C[C@@H](OC(=O)CCC(=O)C(C)(C)C)CC[C@]4(C)[C@H]3CC[C@]12C. The van der Waals surface area contributed by atoms with Crippen LogP contribution in [0.1, 0.15) is 139 Å². The summed E-state index contributed by atoms with van der Waals surface area (Å²) in [4.78, 5) is 24.8. The van der Waals surface area contributed by atoms with E-state index in [-0.39, 0.29) is 36.1 Å². The van der Waals surface area contributed by atoms with Gasteiger partial charge in [-0.1, -0.05) is 86.3 Å². The fourth-order valence-electron chi connectivity index (χ4n) is 9.59. The van der Waals surface area contributed by atoms with Gasteiger partial charge < -0.3 is 4.74 Å². The zero-order valence-corrected chi connectivity index (χ0v) is 26.0. The van der Waals surface area contributed by atoms with E-state index in [2.05, 4.69) is 40.7 Å². The molecule has 3 fully saturated rings. The van der Waals surface area contributed by atoms with Crippen molar-refractivity contribution in [2.75, 3.05) is 0 Å². The van der Waals surface area contributed by atoms with Crippen LogP contribution in [-0.4, -0.2) is 17.9 Å². The lowest BCUT2D eigenvalue weighted by molar-refractivity contribution is -0.152. The van der Waals surface area contributed by atoms with E-state index in [1.807, 2.05) is 20.8 Å². The molecule has 216 valence electrons. The largest absolute Gasteiger partial charge is 0.462 e. The molecule has 3 saturated carbocycles. The molecule has 0 aromatic carbocycles. The maximum atomic E-state index is 12.6. The summed E-state index contributed by atoms with van der Waals surface area (Å²) < 4.78 is 5.93. The average molecular weight is 527 g/mol. The quantitative estimate of drug-likeness (QED) is 0.222. The smallest absolute Gasteiger partial charge is 0.306 e. The van der Waals surface area contributed by atoms with Crippen molar-refractivity contribution in [1.82, 2.24) is 0 Å². The first-order chi connectivity index (χ1) is 17.8. The van der Waals surface area contributed by atoms with Crippen LogP contribution in [0.15, 0.2) is 11.6 Å². The van der Waals surface area contributed by atoms with E-state index in [1.54, 1.807) is 5.57 Å². The van der Waals surface area contributed by atoms with Crippen molar-refractivity contribution in [1.29, 1.82) is 0 Å². The number of rotatable bonds is 9. The lowest BCUT2D eigenvalue weighted by Crippen LogP contribution is -2.51. The summed E-state index contributed by atoms with van der Waals surface area (Å²) in [7, 11) is 0. The number of carbonyl (C=O) groups is 2. The average Bonchev–Trinajstić information content (AvgIpc) is 3.19. The molecule has 8 atom stereocenters. The minimum absolute atomic E-state index is 0.0143. The number of esters is 1. The van der Waals surface area contributed by atoms with Gasteiger partial charge in [-0.05, 0) is 91.3 Å². The van der Waals surface area contributed by atoms with E-state index in [9.17, 15) is 9.59 Å². The molecule has 0 saturated heterocycles. The first-order valence-electron chi connectivity index (χ1n) is 16.2. The molecule has 0 aromatic heterocycles. The summed E-state index contributed by atoms with van der Waals surface area (Å²) >= 11 is 0. The van der Waals surface area contributed by atoms with Crippen LogP contribution in [0.25, 0.3) is 0 Å². The van der Waals surface area contributed by atoms with Crippen molar-refractivity contribution >= 4 is 11.8 Å². The van der Waals surface area contributed by atoms with Gasteiger partial charge >= 0.3 is 5.97 Å². The van der Waals surface area contributed by atoms with Crippen molar-refractivity contribution in [2.24, 2.45) is 51.8 Å². The minimum Gasteiger partial charge on any atom is -0.462 e. The Kier molecular flexibility index (Phi) is 8.96. The van der Waals surface area contributed by atoms with E-state index < -0.39 is 5.41 Å². The Labute approximate surface area is 234 Å². The molecule has 4 aliphatic rings. The third kappa shape index (κ3) is 5.97. The predicted molar refractivity (Wildman–Crippen MR) is 157 cm³/mol. The van der Waals surface area contributed by atoms with Crippen LogP contribution in [0, 0.1) is 51.8 Å². The van der Waals surface area contributed by atoms with Crippen molar-refractivity contribution in [3.63, 3.8) is 0 Å². The van der Waals surface area contributed by atoms with Gasteiger partial charge in [0.2, 0.25) is 0 Å². The molecule has 0 unspecified atom stereocenters. The molecule has 0 N–H and O–H groups in total. The second-order valence-corrected chi connectivity index (χ2v) is 15.8. The van der Waals surface area contributed by atoms with Gasteiger partial charge in [-0.25, -0.2) is 0 Å². The Balaban J connectivity index is 1.37. The number of fused-ring (bicyclic) bond motifs is 5.